The summed E-state index contributed by atoms with van der Waals surface area (Å²) in [5.74, 6) is 2.76. The number of anilines is 1. The Morgan fingerprint density at radius 3 is 2.40 bits per heavy atom. The summed E-state index contributed by atoms with van der Waals surface area (Å²) in [5, 5.41) is 6.45. The average Bonchev–Trinajstić information content (AvgIpc) is 3.55. The molecule has 0 unspecified atom stereocenters. The minimum atomic E-state index is -0.320. The molecule has 1 aromatic heterocycles. The third-order valence-corrected chi connectivity index (χ3v) is 8.37. The number of amides is 2. The van der Waals surface area contributed by atoms with Gasteiger partial charge in [-0.2, -0.15) is 0 Å². The van der Waals surface area contributed by atoms with Crippen LogP contribution in [0.15, 0.2) is 58.5 Å². The van der Waals surface area contributed by atoms with E-state index in [4.69, 9.17) is 33.4 Å². The summed E-state index contributed by atoms with van der Waals surface area (Å²) < 4.78 is 33.7. The van der Waals surface area contributed by atoms with E-state index in [1.807, 2.05) is 18.2 Å². The van der Waals surface area contributed by atoms with E-state index in [0.29, 0.717) is 75.6 Å². The predicted molar refractivity (Wildman–Crippen MR) is 177 cm³/mol. The summed E-state index contributed by atoms with van der Waals surface area (Å²) >= 11 is 1.12. The molecule has 4 aromatic rings. The van der Waals surface area contributed by atoms with Gasteiger partial charge in [-0.1, -0.05) is 17.8 Å². The van der Waals surface area contributed by atoms with Crippen LogP contribution >= 0.6 is 11.8 Å². The minimum Gasteiger partial charge on any atom is -0.497 e. The van der Waals surface area contributed by atoms with Crippen molar-refractivity contribution in [3.8, 4) is 34.5 Å². The molecule has 0 saturated carbocycles. The molecule has 1 aliphatic rings. The first kappa shape index (κ1) is 33.3. The SMILES string of the molecule is COc1ccc(NC(=O)CSc2nc3cc4c(cc3c(=O)n2CCCC(=O)NCCc2ccc(OC)c(OC)c2)OCO4)c(OC)c1. The number of carbonyl (C=O) groups is 2. The van der Waals surface area contributed by atoms with Crippen molar-refractivity contribution in [3.05, 3.63) is 64.4 Å². The highest BCUT2D eigenvalue weighted by Crippen LogP contribution is 2.35. The summed E-state index contributed by atoms with van der Waals surface area (Å²) in [6, 6.07) is 14.0. The molecule has 0 aliphatic carbocycles. The van der Waals surface area contributed by atoms with Gasteiger partial charge in [0.25, 0.3) is 5.56 Å². The summed E-state index contributed by atoms with van der Waals surface area (Å²) in [6.07, 6.45) is 1.18. The van der Waals surface area contributed by atoms with Crippen LogP contribution in [-0.4, -0.2) is 68.9 Å². The zero-order valence-electron chi connectivity index (χ0n) is 26.5. The van der Waals surface area contributed by atoms with Crippen LogP contribution in [0.5, 0.6) is 34.5 Å². The summed E-state index contributed by atoms with van der Waals surface area (Å²) in [6.45, 7) is 0.710. The van der Waals surface area contributed by atoms with Crippen molar-refractivity contribution in [3.63, 3.8) is 0 Å². The zero-order valence-corrected chi connectivity index (χ0v) is 27.4. The Hall–Kier alpha value is -5.11. The second-order valence-electron chi connectivity index (χ2n) is 10.4. The number of ether oxygens (including phenoxy) is 6. The molecule has 0 atom stereocenters. The van der Waals surface area contributed by atoms with Crippen LogP contribution < -0.4 is 44.6 Å². The standard InChI is InChI=1S/C33H36N4O9S/c1-41-21-8-9-23(26(15-21)43-3)35-31(39)18-47-33-36-24-17-29-28(45-19-46-29)16-22(24)32(40)37(33)13-5-6-30(38)34-12-11-20-7-10-25(42-2)27(14-20)44-4/h7-10,14-17H,5-6,11-13,18-19H2,1-4H3,(H,34,38)(H,35,39). The first-order chi connectivity index (χ1) is 22.8. The molecule has 0 radical (unpaired) electrons. The monoisotopic (exact) mass is 664 g/mol. The lowest BCUT2D eigenvalue weighted by atomic mass is 10.1. The van der Waals surface area contributed by atoms with Crippen LogP contribution in [-0.2, 0) is 22.6 Å². The quantitative estimate of drug-likeness (QED) is 0.140. The van der Waals surface area contributed by atoms with Crippen LogP contribution in [0, 0.1) is 0 Å². The number of rotatable bonds is 15. The van der Waals surface area contributed by atoms with Crippen LogP contribution in [0.3, 0.4) is 0 Å². The van der Waals surface area contributed by atoms with Gasteiger partial charge in [0.05, 0.1) is 50.8 Å². The Labute approximate surface area is 275 Å². The molecule has 1 aliphatic heterocycles. The second-order valence-corrected chi connectivity index (χ2v) is 11.3. The first-order valence-corrected chi connectivity index (χ1v) is 15.8. The number of benzene rings is 3. The van der Waals surface area contributed by atoms with Crippen molar-refractivity contribution < 1.29 is 38.0 Å². The van der Waals surface area contributed by atoms with Crippen LogP contribution in [0.25, 0.3) is 10.9 Å². The molecule has 2 N–H and O–H groups in total. The van der Waals surface area contributed by atoms with Crippen molar-refractivity contribution in [2.45, 2.75) is 31.0 Å². The Bertz CT molecular complexity index is 1830. The van der Waals surface area contributed by atoms with Gasteiger partial charge in [-0.05, 0) is 48.7 Å². The molecule has 248 valence electrons. The third-order valence-electron chi connectivity index (χ3n) is 7.40. The number of methoxy groups -OCH3 is 4. The third kappa shape index (κ3) is 8.01. The highest BCUT2D eigenvalue weighted by Gasteiger charge is 2.20. The van der Waals surface area contributed by atoms with Crippen molar-refractivity contribution in [1.82, 2.24) is 14.9 Å². The van der Waals surface area contributed by atoms with E-state index < -0.39 is 0 Å². The Morgan fingerprint density at radius 1 is 0.894 bits per heavy atom. The van der Waals surface area contributed by atoms with Crippen molar-refractivity contribution in [2.75, 3.05) is 52.8 Å². The smallest absolute Gasteiger partial charge is 0.262 e. The van der Waals surface area contributed by atoms with E-state index >= 15 is 0 Å². The fourth-order valence-corrected chi connectivity index (χ4v) is 5.81. The Morgan fingerprint density at radius 2 is 1.66 bits per heavy atom. The highest BCUT2D eigenvalue weighted by molar-refractivity contribution is 7.99. The molecule has 0 bridgehead atoms. The van der Waals surface area contributed by atoms with Gasteiger partial charge in [-0.25, -0.2) is 4.98 Å². The largest absolute Gasteiger partial charge is 0.497 e. The number of hydrogen-bond donors (Lipinski definition) is 2. The van der Waals surface area contributed by atoms with Gasteiger partial charge >= 0.3 is 0 Å². The summed E-state index contributed by atoms with van der Waals surface area (Å²) in [5.41, 5.74) is 1.59. The lowest BCUT2D eigenvalue weighted by Gasteiger charge is -2.14. The molecule has 3 aromatic carbocycles. The molecule has 0 saturated heterocycles. The summed E-state index contributed by atoms with van der Waals surface area (Å²) in [7, 11) is 6.20. The van der Waals surface area contributed by atoms with Crippen LogP contribution in [0.4, 0.5) is 5.69 Å². The van der Waals surface area contributed by atoms with Crippen molar-refractivity contribution in [1.29, 1.82) is 0 Å². The second kappa shape index (κ2) is 15.5. The molecule has 0 spiro atoms. The molecule has 13 nitrogen and oxygen atoms in total. The van der Waals surface area contributed by atoms with Crippen LogP contribution in [0.2, 0.25) is 0 Å². The van der Waals surface area contributed by atoms with Gasteiger partial charge in [-0.15, -0.1) is 0 Å². The van der Waals surface area contributed by atoms with Gasteiger partial charge in [-0.3, -0.25) is 19.0 Å². The molecule has 2 heterocycles. The number of thioether (sulfide) groups is 1. The van der Waals surface area contributed by atoms with Crippen molar-refractivity contribution >= 4 is 40.2 Å². The minimum absolute atomic E-state index is 0.0334. The van der Waals surface area contributed by atoms with E-state index in [2.05, 4.69) is 10.6 Å². The maximum atomic E-state index is 13.7. The fraction of sp³-hybridized carbons (Fsp3) is 0.333. The first-order valence-electron chi connectivity index (χ1n) is 14.8. The number of carbonyl (C=O) groups excluding carboxylic acids is 2. The van der Waals surface area contributed by atoms with Gasteiger partial charge in [0.2, 0.25) is 18.6 Å². The maximum absolute atomic E-state index is 13.7. The topological polar surface area (TPSA) is 148 Å². The highest BCUT2D eigenvalue weighted by atomic mass is 32.2. The molecule has 47 heavy (non-hydrogen) atoms. The van der Waals surface area contributed by atoms with Crippen LogP contribution in [0.1, 0.15) is 18.4 Å². The molecular weight excluding hydrogens is 628 g/mol. The molecule has 0 fully saturated rings. The van der Waals surface area contributed by atoms with E-state index in [-0.39, 0.29) is 42.9 Å². The van der Waals surface area contributed by atoms with E-state index in [1.54, 1.807) is 51.7 Å². The van der Waals surface area contributed by atoms with E-state index in [0.717, 1.165) is 17.3 Å². The number of hydrogen-bond acceptors (Lipinski definition) is 11. The lowest BCUT2D eigenvalue weighted by Crippen LogP contribution is -2.27. The molecule has 14 heteroatoms. The Balaban J connectivity index is 1.25. The molecule has 2 amide bonds. The van der Waals surface area contributed by atoms with E-state index in [1.165, 1.54) is 11.7 Å². The van der Waals surface area contributed by atoms with Gasteiger partial charge < -0.3 is 39.1 Å². The maximum Gasteiger partial charge on any atom is 0.262 e. The van der Waals surface area contributed by atoms with Gasteiger partial charge in [0, 0.05) is 31.6 Å². The van der Waals surface area contributed by atoms with Crippen molar-refractivity contribution in [2.24, 2.45) is 0 Å². The Kier molecular flexibility index (Phi) is 10.9. The number of nitrogens with zero attached hydrogens (tertiary/aromatic N) is 2. The van der Waals surface area contributed by atoms with E-state index in [9.17, 15) is 14.4 Å². The zero-order chi connectivity index (χ0) is 33.3. The summed E-state index contributed by atoms with van der Waals surface area (Å²) in [4.78, 5) is 44.0. The van der Waals surface area contributed by atoms with Gasteiger partial charge in [0.15, 0.2) is 28.2 Å². The van der Waals surface area contributed by atoms with Gasteiger partial charge in [0.1, 0.15) is 11.5 Å². The number of aromatic nitrogens is 2. The number of nitrogens with one attached hydrogen (secondary N) is 2. The lowest BCUT2D eigenvalue weighted by molar-refractivity contribution is -0.121. The molecule has 5 rings (SSSR count). The average molecular weight is 665 g/mol. The predicted octanol–water partition coefficient (Wildman–Crippen LogP) is 4.03. The fourth-order valence-electron chi connectivity index (χ4n) is 4.98. The number of fused-ring (bicyclic) bond motifs is 2. The normalized spacial score (nSPS) is 11.7. The molecular formula is C33H36N4O9S.